The maximum absolute atomic E-state index is 12.5. The van der Waals surface area contributed by atoms with Crippen LogP contribution >= 0.6 is 12.4 Å². The molecule has 0 unspecified atom stereocenters. The van der Waals surface area contributed by atoms with Crippen LogP contribution in [0.15, 0.2) is 47.4 Å². The Morgan fingerprint density at radius 2 is 1.78 bits per heavy atom. The van der Waals surface area contributed by atoms with Gasteiger partial charge in [0.05, 0.1) is 13.0 Å². The Bertz CT molecular complexity index is 884. The largest absolute Gasteiger partial charge is 0.492 e. The molecule has 9 heteroatoms. The van der Waals surface area contributed by atoms with Crippen molar-refractivity contribution in [2.24, 2.45) is 0 Å². The van der Waals surface area contributed by atoms with Crippen molar-refractivity contribution in [1.29, 1.82) is 0 Å². The highest BCUT2D eigenvalue weighted by molar-refractivity contribution is 7.89. The van der Waals surface area contributed by atoms with Crippen LogP contribution in [0.25, 0.3) is 0 Å². The Balaban J connectivity index is 0.00000364. The van der Waals surface area contributed by atoms with Gasteiger partial charge in [-0.1, -0.05) is 12.1 Å². The number of nitrogens with one attached hydrogen (secondary N) is 1. The number of benzene rings is 2. The van der Waals surface area contributed by atoms with Crippen molar-refractivity contribution in [3.8, 4) is 5.75 Å². The molecule has 2 aromatic carbocycles. The SMILES string of the molecule is CCOc1ccc(NC(=O)Cc2ccc(N)cc2)cc1S(=O)(=O)N(C)C.Cl. The molecule has 0 aliphatic heterocycles. The number of nitrogen functional groups attached to an aromatic ring is 1. The lowest BCUT2D eigenvalue weighted by Gasteiger charge is -2.16. The van der Waals surface area contributed by atoms with Gasteiger partial charge in [0.2, 0.25) is 15.9 Å². The van der Waals surface area contributed by atoms with Gasteiger partial charge in [0.15, 0.2) is 0 Å². The van der Waals surface area contributed by atoms with E-state index in [0.29, 0.717) is 18.0 Å². The van der Waals surface area contributed by atoms with E-state index in [1.807, 2.05) is 0 Å². The van der Waals surface area contributed by atoms with Gasteiger partial charge >= 0.3 is 0 Å². The summed E-state index contributed by atoms with van der Waals surface area (Å²) in [6, 6.07) is 11.5. The second kappa shape index (κ2) is 9.59. The fraction of sp³-hybridized carbons (Fsp3) is 0.278. The highest BCUT2D eigenvalue weighted by Crippen LogP contribution is 2.29. The first kappa shape index (κ1) is 22.8. The lowest BCUT2D eigenvalue weighted by atomic mass is 10.1. The van der Waals surface area contributed by atoms with E-state index < -0.39 is 10.0 Å². The number of hydrogen-bond donors (Lipinski definition) is 2. The van der Waals surface area contributed by atoms with Gasteiger partial charge in [-0.25, -0.2) is 12.7 Å². The van der Waals surface area contributed by atoms with E-state index in [9.17, 15) is 13.2 Å². The number of amides is 1. The summed E-state index contributed by atoms with van der Waals surface area (Å²) in [5, 5.41) is 2.72. The molecule has 0 aliphatic rings. The van der Waals surface area contributed by atoms with Gasteiger partial charge in [0.1, 0.15) is 10.6 Å². The Morgan fingerprint density at radius 3 is 2.33 bits per heavy atom. The summed E-state index contributed by atoms with van der Waals surface area (Å²) in [5.74, 6) is -0.00938. The monoisotopic (exact) mass is 413 g/mol. The van der Waals surface area contributed by atoms with E-state index in [2.05, 4.69) is 5.32 Å². The summed E-state index contributed by atoms with van der Waals surface area (Å²) in [5.41, 5.74) is 7.45. The molecular formula is C18H24ClN3O4S. The number of rotatable bonds is 7. The zero-order valence-electron chi connectivity index (χ0n) is 15.4. The fourth-order valence-corrected chi connectivity index (χ4v) is 3.34. The molecule has 2 rings (SSSR count). The molecular weight excluding hydrogens is 390 g/mol. The lowest BCUT2D eigenvalue weighted by Crippen LogP contribution is -2.23. The summed E-state index contributed by atoms with van der Waals surface area (Å²) < 4.78 is 31.5. The van der Waals surface area contributed by atoms with E-state index in [4.69, 9.17) is 10.5 Å². The third kappa shape index (κ3) is 5.85. The summed E-state index contributed by atoms with van der Waals surface area (Å²) in [6.45, 7) is 2.10. The zero-order valence-corrected chi connectivity index (χ0v) is 17.1. The molecule has 2 aromatic rings. The quantitative estimate of drug-likeness (QED) is 0.679. The molecule has 0 atom stereocenters. The molecule has 0 radical (unpaired) electrons. The fourth-order valence-electron chi connectivity index (χ4n) is 2.28. The normalized spacial score (nSPS) is 11.0. The van der Waals surface area contributed by atoms with Gasteiger partial charge < -0.3 is 15.8 Å². The smallest absolute Gasteiger partial charge is 0.246 e. The maximum Gasteiger partial charge on any atom is 0.246 e. The third-order valence-corrected chi connectivity index (χ3v) is 5.47. The van der Waals surface area contributed by atoms with Crippen LogP contribution in [-0.2, 0) is 21.2 Å². The van der Waals surface area contributed by atoms with Crippen molar-refractivity contribution in [2.45, 2.75) is 18.2 Å². The molecule has 27 heavy (non-hydrogen) atoms. The minimum atomic E-state index is -3.71. The van der Waals surface area contributed by atoms with Crippen molar-refractivity contribution in [3.63, 3.8) is 0 Å². The molecule has 3 N–H and O–H groups in total. The van der Waals surface area contributed by atoms with Crippen molar-refractivity contribution in [2.75, 3.05) is 31.8 Å². The lowest BCUT2D eigenvalue weighted by molar-refractivity contribution is -0.115. The molecule has 7 nitrogen and oxygen atoms in total. The van der Waals surface area contributed by atoms with E-state index >= 15 is 0 Å². The number of sulfonamides is 1. The van der Waals surface area contributed by atoms with Crippen LogP contribution in [0.4, 0.5) is 11.4 Å². The minimum absolute atomic E-state index is 0. The van der Waals surface area contributed by atoms with Gasteiger partial charge in [0, 0.05) is 25.5 Å². The number of nitrogens with zero attached hydrogens (tertiary/aromatic N) is 1. The number of hydrogen-bond acceptors (Lipinski definition) is 5. The van der Waals surface area contributed by atoms with Gasteiger partial charge in [-0.15, -0.1) is 12.4 Å². The Labute approximate surface area is 166 Å². The highest BCUT2D eigenvalue weighted by atomic mass is 35.5. The first-order valence-corrected chi connectivity index (χ1v) is 9.51. The van der Waals surface area contributed by atoms with Gasteiger partial charge in [-0.2, -0.15) is 0 Å². The standard InChI is InChI=1S/C18H23N3O4S.ClH/c1-4-25-16-10-9-15(12-17(16)26(23,24)21(2)3)20-18(22)11-13-5-7-14(19)8-6-13;/h5-10,12H,4,11,19H2,1-3H3,(H,20,22);1H. The van der Waals surface area contributed by atoms with E-state index in [1.54, 1.807) is 43.3 Å². The van der Waals surface area contributed by atoms with Gasteiger partial charge in [-0.05, 0) is 42.8 Å². The summed E-state index contributed by atoms with van der Waals surface area (Å²) in [4.78, 5) is 12.2. The van der Waals surface area contributed by atoms with E-state index in [0.717, 1.165) is 9.87 Å². The molecule has 0 aromatic heterocycles. The van der Waals surface area contributed by atoms with Crippen molar-refractivity contribution < 1.29 is 17.9 Å². The number of carbonyl (C=O) groups is 1. The van der Waals surface area contributed by atoms with Crippen LogP contribution < -0.4 is 15.8 Å². The van der Waals surface area contributed by atoms with Crippen molar-refractivity contribution in [1.82, 2.24) is 4.31 Å². The van der Waals surface area contributed by atoms with Crippen molar-refractivity contribution >= 4 is 39.7 Å². The molecule has 0 bridgehead atoms. The number of nitrogens with two attached hydrogens (primary N) is 1. The molecule has 1 amide bonds. The van der Waals surface area contributed by atoms with E-state index in [-0.39, 0.29) is 35.4 Å². The van der Waals surface area contributed by atoms with Gasteiger partial charge in [-0.3, -0.25) is 4.79 Å². The summed E-state index contributed by atoms with van der Waals surface area (Å²) >= 11 is 0. The number of halogens is 1. The van der Waals surface area contributed by atoms with Crippen LogP contribution in [0.5, 0.6) is 5.75 Å². The van der Waals surface area contributed by atoms with Crippen LogP contribution in [0.1, 0.15) is 12.5 Å². The van der Waals surface area contributed by atoms with Crippen LogP contribution in [0.3, 0.4) is 0 Å². The molecule has 0 saturated carbocycles. The number of carbonyl (C=O) groups excluding carboxylic acids is 1. The molecule has 0 spiro atoms. The average molecular weight is 414 g/mol. The van der Waals surface area contributed by atoms with Crippen LogP contribution in [0, 0.1) is 0 Å². The second-order valence-corrected chi connectivity index (χ2v) is 7.97. The Hall–Kier alpha value is -2.29. The van der Waals surface area contributed by atoms with Crippen LogP contribution in [0.2, 0.25) is 0 Å². The molecule has 148 valence electrons. The summed E-state index contributed by atoms with van der Waals surface area (Å²) in [6.07, 6.45) is 0.156. The van der Waals surface area contributed by atoms with Gasteiger partial charge in [0.25, 0.3) is 0 Å². The van der Waals surface area contributed by atoms with E-state index in [1.165, 1.54) is 20.2 Å². The zero-order chi connectivity index (χ0) is 19.3. The Kier molecular flexibility index (Phi) is 8.08. The molecule has 0 saturated heterocycles. The predicted molar refractivity (Wildman–Crippen MR) is 109 cm³/mol. The number of anilines is 2. The first-order valence-electron chi connectivity index (χ1n) is 8.07. The predicted octanol–water partition coefficient (Wildman–Crippen LogP) is 2.52. The summed E-state index contributed by atoms with van der Waals surface area (Å²) in [7, 11) is -0.825. The minimum Gasteiger partial charge on any atom is -0.492 e. The van der Waals surface area contributed by atoms with Crippen LogP contribution in [-0.4, -0.2) is 39.3 Å². The number of ether oxygens (including phenoxy) is 1. The molecule has 0 fully saturated rings. The maximum atomic E-state index is 12.5. The second-order valence-electron chi connectivity index (χ2n) is 5.85. The third-order valence-electron chi connectivity index (χ3n) is 3.63. The molecule has 0 aliphatic carbocycles. The Morgan fingerprint density at radius 1 is 1.15 bits per heavy atom. The highest BCUT2D eigenvalue weighted by Gasteiger charge is 2.23. The average Bonchev–Trinajstić information content (AvgIpc) is 2.58. The topological polar surface area (TPSA) is 102 Å². The van der Waals surface area contributed by atoms with Crippen molar-refractivity contribution in [3.05, 3.63) is 48.0 Å². The first-order chi connectivity index (χ1) is 12.2. The molecule has 0 heterocycles.